The second-order valence-corrected chi connectivity index (χ2v) is 15.2. The second-order valence-electron chi connectivity index (χ2n) is 15.2. The third-order valence-corrected chi connectivity index (χ3v) is 12.8. The van der Waals surface area contributed by atoms with Crippen molar-refractivity contribution in [3.05, 3.63) is 66.3 Å². The molecule has 0 bridgehead atoms. The number of rotatable bonds is 6. The summed E-state index contributed by atoms with van der Waals surface area (Å²) in [5.41, 5.74) is 6.78. The van der Waals surface area contributed by atoms with Crippen LogP contribution < -0.4 is 0 Å². The fourth-order valence-electron chi connectivity index (χ4n) is 10.7. The maximum Gasteiger partial charge on any atom is 0.0537 e. The van der Waals surface area contributed by atoms with Gasteiger partial charge >= 0.3 is 0 Å². The van der Waals surface area contributed by atoms with E-state index in [1.807, 2.05) is 0 Å². The highest BCUT2D eigenvalue weighted by molar-refractivity contribution is 6.10. The van der Waals surface area contributed by atoms with Crippen LogP contribution in [0.2, 0.25) is 0 Å². The van der Waals surface area contributed by atoms with Crippen molar-refractivity contribution in [3.63, 3.8) is 0 Å². The van der Waals surface area contributed by atoms with Crippen LogP contribution in [-0.4, -0.2) is 4.57 Å². The van der Waals surface area contributed by atoms with Crippen LogP contribution >= 0.6 is 0 Å². The van der Waals surface area contributed by atoms with Gasteiger partial charge < -0.3 is 4.57 Å². The number of allylic oxidation sites excluding steroid dienone is 4. The van der Waals surface area contributed by atoms with Gasteiger partial charge in [-0.3, -0.25) is 0 Å². The first-order valence-corrected chi connectivity index (χ1v) is 16.7. The van der Waals surface area contributed by atoms with Gasteiger partial charge in [-0.15, -0.1) is 0 Å². The summed E-state index contributed by atoms with van der Waals surface area (Å²) in [6.07, 6.45) is 19.3. The summed E-state index contributed by atoms with van der Waals surface area (Å²) in [6.45, 7) is 12.8. The monoisotopic (exact) mass is 533 g/mol. The van der Waals surface area contributed by atoms with Crippen LogP contribution in [0, 0.1) is 46.3 Å². The molecule has 7 atom stereocenters. The minimum atomic E-state index is 0.341. The first-order chi connectivity index (χ1) is 19.3. The molecule has 3 aromatic rings. The predicted molar refractivity (Wildman–Crippen MR) is 172 cm³/mol. The fourth-order valence-corrected chi connectivity index (χ4v) is 10.7. The van der Waals surface area contributed by atoms with Crippen molar-refractivity contribution in [2.24, 2.45) is 46.3 Å². The van der Waals surface area contributed by atoms with E-state index in [1.165, 1.54) is 91.7 Å². The average Bonchev–Trinajstić information content (AvgIpc) is 3.47. The van der Waals surface area contributed by atoms with E-state index in [-0.39, 0.29) is 0 Å². The normalized spacial score (nSPS) is 34.4. The molecule has 4 aliphatic carbocycles. The third-order valence-electron chi connectivity index (χ3n) is 12.8. The van der Waals surface area contributed by atoms with E-state index in [1.54, 1.807) is 5.57 Å². The quantitative estimate of drug-likeness (QED) is 0.297. The lowest BCUT2D eigenvalue weighted by atomic mass is 9.47. The summed E-state index contributed by atoms with van der Waals surface area (Å²) >= 11 is 0. The Morgan fingerprint density at radius 2 is 1.52 bits per heavy atom. The molecule has 212 valence electrons. The van der Waals surface area contributed by atoms with E-state index in [2.05, 4.69) is 99.9 Å². The van der Waals surface area contributed by atoms with Crippen LogP contribution in [0.25, 0.3) is 27.5 Å². The maximum absolute atomic E-state index is 2.73. The highest BCUT2D eigenvalue weighted by Gasteiger charge is 2.58. The van der Waals surface area contributed by atoms with Crippen molar-refractivity contribution in [2.75, 3.05) is 0 Å². The van der Waals surface area contributed by atoms with E-state index in [4.69, 9.17) is 0 Å². The predicted octanol–water partition coefficient (Wildman–Crippen LogP) is 11.3. The van der Waals surface area contributed by atoms with E-state index in [0.29, 0.717) is 10.8 Å². The SMILES string of the molecule is CC(C)CCC[C@@H](C)[C@H]1CC[C@H]2[C@@H]3CC=C4C=C(n5c6ccccc6c6ccccc65)CC[C@]4(C)[C@H]3CC[C@]12C. The number of hydrogen-bond donors (Lipinski definition) is 0. The van der Waals surface area contributed by atoms with Crippen LogP contribution in [0.1, 0.15) is 98.8 Å². The average molecular weight is 534 g/mol. The molecular weight excluding hydrogens is 482 g/mol. The Bertz CT molecular complexity index is 1410. The molecule has 0 spiro atoms. The Morgan fingerprint density at radius 3 is 2.23 bits per heavy atom. The van der Waals surface area contributed by atoms with Crippen molar-refractivity contribution in [1.82, 2.24) is 4.57 Å². The molecule has 1 aromatic heterocycles. The van der Waals surface area contributed by atoms with Gasteiger partial charge in [0.25, 0.3) is 0 Å². The summed E-state index contributed by atoms with van der Waals surface area (Å²) in [7, 11) is 0. The molecule has 0 unspecified atom stereocenters. The summed E-state index contributed by atoms with van der Waals surface area (Å²) < 4.78 is 2.58. The largest absolute Gasteiger partial charge is 0.313 e. The minimum absolute atomic E-state index is 0.341. The molecular formula is C39H51N. The summed E-state index contributed by atoms with van der Waals surface area (Å²) in [6, 6.07) is 18.0. The first-order valence-electron chi connectivity index (χ1n) is 16.7. The fraction of sp³-hybridized carbons (Fsp3) is 0.590. The molecule has 1 nitrogen and oxygen atoms in total. The lowest BCUT2D eigenvalue weighted by Gasteiger charge is -2.57. The standard InChI is InChI=1S/C39H51N/c1-26(2)11-10-12-27(3)33-19-20-34-32-18-17-28-25-29(21-23-38(28,4)35(32)22-24-39(33,34)5)40-36-15-8-6-13-30(36)31-14-7-9-16-37(31)40/h6-9,13-17,25-27,32-35H,10-12,18-24H2,1-5H3/t27-,32+,33-,34+,35+,38+,39-/m1/s1. The third kappa shape index (κ3) is 4.00. The van der Waals surface area contributed by atoms with Crippen LogP contribution in [-0.2, 0) is 0 Å². The summed E-state index contributed by atoms with van der Waals surface area (Å²) in [5, 5.41) is 2.76. The van der Waals surface area contributed by atoms with Gasteiger partial charge in [0.05, 0.1) is 11.0 Å². The van der Waals surface area contributed by atoms with Crippen molar-refractivity contribution < 1.29 is 0 Å². The Hall–Kier alpha value is -2.28. The van der Waals surface area contributed by atoms with Crippen LogP contribution in [0.3, 0.4) is 0 Å². The molecule has 2 saturated carbocycles. The zero-order chi connectivity index (χ0) is 27.6. The molecule has 0 radical (unpaired) electrons. The molecule has 40 heavy (non-hydrogen) atoms. The maximum atomic E-state index is 2.73. The van der Waals surface area contributed by atoms with Gasteiger partial charge in [-0.2, -0.15) is 0 Å². The Balaban J connectivity index is 1.18. The molecule has 0 N–H and O–H groups in total. The number of fused-ring (bicyclic) bond motifs is 8. The molecule has 7 rings (SSSR count). The van der Waals surface area contributed by atoms with Gasteiger partial charge in [-0.05, 0) is 115 Å². The molecule has 4 aliphatic rings. The molecule has 2 fully saturated rings. The number of benzene rings is 2. The highest BCUT2D eigenvalue weighted by Crippen LogP contribution is 2.67. The number of aromatic nitrogens is 1. The molecule has 2 aromatic carbocycles. The smallest absolute Gasteiger partial charge is 0.0537 e. The molecule has 0 aliphatic heterocycles. The first kappa shape index (κ1) is 26.6. The van der Waals surface area contributed by atoms with E-state index in [0.717, 1.165) is 35.5 Å². The van der Waals surface area contributed by atoms with Gasteiger partial charge in [-0.25, -0.2) is 0 Å². The van der Waals surface area contributed by atoms with Gasteiger partial charge in [0.1, 0.15) is 0 Å². The number of hydrogen-bond acceptors (Lipinski definition) is 0. The van der Waals surface area contributed by atoms with E-state index >= 15 is 0 Å². The number of nitrogens with zero attached hydrogens (tertiary/aromatic N) is 1. The van der Waals surface area contributed by atoms with Crippen LogP contribution in [0.5, 0.6) is 0 Å². The Morgan fingerprint density at radius 1 is 0.825 bits per heavy atom. The Kier molecular flexibility index (Phi) is 6.60. The lowest BCUT2D eigenvalue weighted by molar-refractivity contribution is -0.0449. The molecule has 1 heterocycles. The number of para-hydroxylation sites is 2. The topological polar surface area (TPSA) is 4.93 Å². The van der Waals surface area contributed by atoms with E-state index in [9.17, 15) is 0 Å². The van der Waals surface area contributed by atoms with Gasteiger partial charge in [0.15, 0.2) is 0 Å². The summed E-state index contributed by atoms with van der Waals surface area (Å²) in [5.74, 6) is 5.36. The van der Waals surface area contributed by atoms with Crippen LogP contribution in [0.4, 0.5) is 0 Å². The molecule has 0 amide bonds. The van der Waals surface area contributed by atoms with Gasteiger partial charge in [0, 0.05) is 16.5 Å². The van der Waals surface area contributed by atoms with Gasteiger partial charge in [0.2, 0.25) is 0 Å². The second kappa shape index (κ2) is 9.92. The lowest BCUT2D eigenvalue weighted by Crippen LogP contribution is -2.49. The zero-order valence-corrected chi connectivity index (χ0v) is 25.8. The minimum Gasteiger partial charge on any atom is -0.313 e. The van der Waals surface area contributed by atoms with Crippen LogP contribution in [0.15, 0.2) is 66.3 Å². The van der Waals surface area contributed by atoms with Gasteiger partial charge in [-0.1, -0.05) is 96.4 Å². The molecule has 0 saturated heterocycles. The Labute approximate surface area is 243 Å². The van der Waals surface area contributed by atoms with Crippen molar-refractivity contribution in [3.8, 4) is 0 Å². The summed E-state index contributed by atoms with van der Waals surface area (Å²) in [4.78, 5) is 0. The van der Waals surface area contributed by atoms with E-state index < -0.39 is 0 Å². The van der Waals surface area contributed by atoms with Crippen molar-refractivity contribution in [2.45, 2.75) is 98.8 Å². The van der Waals surface area contributed by atoms with Crippen molar-refractivity contribution >= 4 is 27.5 Å². The van der Waals surface area contributed by atoms with Crippen molar-refractivity contribution in [1.29, 1.82) is 0 Å². The zero-order valence-electron chi connectivity index (χ0n) is 25.8. The molecule has 1 heteroatoms. The highest BCUT2D eigenvalue weighted by atomic mass is 15.0.